The molecule has 1 aliphatic heterocycles. The Kier molecular flexibility index (Phi) is 3.43. The van der Waals surface area contributed by atoms with Gasteiger partial charge in [0.15, 0.2) is 0 Å². The molecule has 1 aromatic rings. The lowest BCUT2D eigenvalue weighted by Gasteiger charge is -2.22. The van der Waals surface area contributed by atoms with E-state index in [4.69, 9.17) is 10.5 Å². The van der Waals surface area contributed by atoms with Gasteiger partial charge in [-0.15, -0.1) is 0 Å². The van der Waals surface area contributed by atoms with Crippen LogP contribution in [0, 0.1) is 0 Å². The molecule has 2 rings (SSSR count). The fourth-order valence-electron chi connectivity index (χ4n) is 2.38. The Bertz CT molecular complexity index is 392. The molecular weight excluding hydrogens is 210 g/mol. The Morgan fingerprint density at radius 3 is 2.76 bits per heavy atom. The van der Waals surface area contributed by atoms with Crippen molar-refractivity contribution in [1.82, 2.24) is 0 Å². The molecule has 1 aliphatic rings. The Labute approximate surface area is 104 Å². The van der Waals surface area contributed by atoms with Crippen molar-refractivity contribution in [3.05, 3.63) is 29.3 Å². The van der Waals surface area contributed by atoms with Crippen LogP contribution in [0.5, 0.6) is 5.75 Å². The van der Waals surface area contributed by atoms with Crippen LogP contribution >= 0.6 is 0 Å². The lowest BCUT2D eigenvalue weighted by Crippen LogP contribution is -2.15. The number of hydrogen-bond acceptors (Lipinski definition) is 2. The zero-order chi connectivity index (χ0) is 12.5. The average molecular weight is 233 g/mol. The van der Waals surface area contributed by atoms with Gasteiger partial charge in [-0.3, -0.25) is 0 Å². The first-order chi connectivity index (χ1) is 8.02. The molecule has 0 radical (unpaired) electrons. The van der Waals surface area contributed by atoms with E-state index in [1.54, 1.807) is 0 Å². The van der Waals surface area contributed by atoms with E-state index in [0.29, 0.717) is 12.5 Å². The molecule has 0 fully saturated rings. The topological polar surface area (TPSA) is 35.2 Å². The molecular formula is C15H23NO. The van der Waals surface area contributed by atoms with Crippen LogP contribution in [-0.4, -0.2) is 13.2 Å². The van der Waals surface area contributed by atoms with E-state index in [2.05, 4.69) is 39.0 Å². The third-order valence-corrected chi connectivity index (χ3v) is 3.55. The molecule has 1 aromatic carbocycles. The van der Waals surface area contributed by atoms with Crippen molar-refractivity contribution in [2.24, 2.45) is 5.73 Å². The number of benzene rings is 1. The number of rotatable bonds is 1. The summed E-state index contributed by atoms with van der Waals surface area (Å²) in [5.74, 6) is 1.49. The summed E-state index contributed by atoms with van der Waals surface area (Å²) in [6.45, 7) is 8.25. The number of hydrogen-bond donors (Lipinski definition) is 1. The van der Waals surface area contributed by atoms with Crippen LogP contribution < -0.4 is 10.5 Å². The van der Waals surface area contributed by atoms with E-state index in [0.717, 1.165) is 25.2 Å². The molecule has 2 heteroatoms. The fourth-order valence-corrected chi connectivity index (χ4v) is 2.38. The summed E-state index contributed by atoms with van der Waals surface area (Å²) in [5, 5.41) is 0. The van der Waals surface area contributed by atoms with E-state index in [-0.39, 0.29) is 5.41 Å². The summed E-state index contributed by atoms with van der Waals surface area (Å²) in [6, 6.07) is 6.58. The minimum Gasteiger partial charge on any atom is -0.493 e. The van der Waals surface area contributed by atoms with E-state index >= 15 is 0 Å². The van der Waals surface area contributed by atoms with Gasteiger partial charge in [0, 0.05) is 0 Å². The maximum Gasteiger partial charge on any atom is 0.122 e. The van der Waals surface area contributed by atoms with Gasteiger partial charge in [-0.2, -0.15) is 0 Å². The van der Waals surface area contributed by atoms with Crippen molar-refractivity contribution in [1.29, 1.82) is 0 Å². The number of ether oxygens (including phenoxy) is 1. The van der Waals surface area contributed by atoms with Gasteiger partial charge in [0.1, 0.15) is 5.75 Å². The second kappa shape index (κ2) is 4.69. The van der Waals surface area contributed by atoms with E-state index in [1.807, 2.05) is 0 Å². The van der Waals surface area contributed by atoms with Crippen molar-refractivity contribution >= 4 is 0 Å². The molecule has 2 nitrogen and oxygen atoms in total. The maximum absolute atomic E-state index is 5.89. The molecule has 0 spiro atoms. The van der Waals surface area contributed by atoms with Crippen LogP contribution in [-0.2, 0) is 5.41 Å². The highest BCUT2D eigenvalue weighted by atomic mass is 16.5. The summed E-state index contributed by atoms with van der Waals surface area (Å²) in [5.41, 5.74) is 8.74. The zero-order valence-corrected chi connectivity index (χ0v) is 11.1. The minimum atomic E-state index is 0.181. The zero-order valence-electron chi connectivity index (χ0n) is 11.1. The molecule has 0 amide bonds. The van der Waals surface area contributed by atoms with Crippen LogP contribution in [0.3, 0.4) is 0 Å². The molecule has 1 atom stereocenters. The quantitative estimate of drug-likeness (QED) is 0.808. The summed E-state index contributed by atoms with van der Waals surface area (Å²) in [6.07, 6.45) is 2.23. The first-order valence-corrected chi connectivity index (χ1v) is 6.49. The van der Waals surface area contributed by atoms with Gasteiger partial charge in [-0.05, 0) is 47.9 Å². The monoisotopic (exact) mass is 233 g/mol. The predicted octanol–water partition coefficient (Wildman–Crippen LogP) is 3.20. The van der Waals surface area contributed by atoms with Gasteiger partial charge in [0.2, 0.25) is 0 Å². The third-order valence-electron chi connectivity index (χ3n) is 3.55. The first-order valence-electron chi connectivity index (χ1n) is 6.49. The maximum atomic E-state index is 5.89. The molecule has 17 heavy (non-hydrogen) atoms. The van der Waals surface area contributed by atoms with Gasteiger partial charge in [0.05, 0.1) is 6.61 Å². The standard InChI is InChI=1S/C15H23NO/c1-15(2,3)12-6-7-14-13(9-12)11(10-16)5-4-8-17-14/h6-7,9,11H,4-5,8,10,16H2,1-3H3. The molecule has 0 aromatic heterocycles. The minimum absolute atomic E-state index is 0.181. The predicted molar refractivity (Wildman–Crippen MR) is 71.7 cm³/mol. The van der Waals surface area contributed by atoms with Crippen LogP contribution in [0.4, 0.5) is 0 Å². The van der Waals surface area contributed by atoms with Gasteiger partial charge in [-0.1, -0.05) is 32.9 Å². The first kappa shape index (κ1) is 12.4. The average Bonchev–Trinajstić information content (AvgIpc) is 2.48. The summed E-state index contributed by atoms with van der Waals surface area (Å²) >= 11 is 0. The Morgan fingerprint density at radius 2 is 2.12 bits per heavy atom. The van der Waals surface area contributed by atoms with Crippen molar-refractivity contribution in [3.63, 3.8) is 0 Å². The lowest BCUT2D eigenvalue weighted by molar-refractivity contribution is 0.316. The summed E-state index contributed by atoms with van der Waals surface area (Å²) in [4.78, 5) is 0. The van der Waals surface area contributed by atoms with Crippen molar-refractivity contribution < 1.29 is 4.74 Å². The molecule has 0 saturated carbocycles. The van der Waals surface area contributed by atoms with E-state index in [9.17, 15) is 0 Å². The van der Waals surface area contributed by atoms with Crippen molar-refractivity contribution in [2.75, 3.05) is 13.2 Å². The van der Waals surface area contributed by atoms with Crippen molar-refractivity contribution in [3.8, 4) is 5.75 Å². The Hall–Kier alpha value is -1.02. The van der Waals surface area contributed by atoms with Crippen molar-refractivity contribution in [2.45, 2.75) is 44.9 Å². The highest BCUT2D eigenvalue weighted by Gasteiger charge is 2.22. The van der Waals surface area contributed by atoms with Crippen LogP contribution in [0.25, 0.3) is 0 Å². The molecule has 1 unspecified atom stereocenters. The Balaban J connectivity index is 2.43. The second-order valence-electron chi connectivity index (χ2n) is 5.93. The van der Waals surface area contributed by atoms with E-state index < -0.39 is 0 Å². The number of nitrogens with two attached hydrogens (primary N) is 1. The highest BCUT2D eigenvalue weighted by Crippen LogP contribution is 2.35. The lowest BCUT2D eigenvalue weighted by atomic mass is 9.83. The van der Waals surface area contributed by atoms with Gasteiger partial charge < -0.3 is 10.5 Å². The fraction of sp³-hybridized carbons (Fsp3) is 0.600. The molecule has 0 aliphatic carbocycles. The van der Waals surface area contributed by atoms with Crippen LogP contribution in [0.15, 0.2) is 18.2 Å². The van der Waals surface area contributed by atoms with E-state index in [1.165, 1.54) is 11.1 Å². The molecule has 2 N–H and O–H groups in total. The van der Waals surface area contributed by atoms with Gasteiger partial charge in [0.25, 0.3) is 0 Å². The second-order valence-corrected chi connectivity index (χ2v) is 5.93. The van der Waals surface area contributed by atoms with Crippen LogP contribution in [0.2, 0.25) is 0 Å². The smallest absolute Gasteiger partial charge is 0.122 e. The molecule has 94 valence electrons. The molecule has 0 saturated heterocycles. The molecule has 0 bridgehead atoms. The third kappa shape index (κ3) is 2.63. The Morgan fingerprint density at radius 1 is 1.35 bits per heavy atom. The molecule has 1 heterocycles. The largest absolute Gasteiger partial charge is 0.493 e. The van der Waals surface area contributed by atoms with Gasteiger partial charge in [-0.25, -0.2) is 0 Å². The summed E-state index contributed by atoms with van der Waals surface area (Å²) < 4.78 is 5.79. The highest BCUT2D eigenvalue weighted by molar-refractivity contribution is 5.42. The number of fused-ring (bicyclic) bond motifs is 1. The SMILES string of the molecule is CC(C)(C)c1ccc2c(c1)C(CN)CCCO2. The summed E-state index contributed by atoms with van der Waals surface area (Å²) in [7, 11) is 0. The normalized spacial score (nSPS) is 20.4. The van der Waals surface area contributed by atoms with Gasteiger partial charge >= 0.3 is 0 Å². The van der Waals surface area contributed by atoms with Crippen LogP contribution in [0.1, 0.15) is 50.7 Å².